The van der Waals surface area contributed by atoms with Gasteiger partial charge in [-0.1, -0.05) is 6.07 Å². The molecule has 130 valence electrons. The number of hydrogen-bond donors (Lipinski definition) is 1. The van der Waals surface area contributed by atoms with Crippen LogP contribution in [0, 0.1) is 10.1 Å². The summed E-state index contributed by atoms with van der Waals surface area (Å²) in [6, 6.07) is 9.60. The third-order valence-electron chi connectivity index (χ3n) is 4.12. The van der Waals surface area contributed by atoms with Crippen LogP contribution in [0.15, 0.2) is 48.8 Å². The van der Waals surface area contributed by atoms with E-state index >= 15 is 0 Å². The number of carbonyl (C=O) groups excluding carboxylic acids is 1. The van der Waals surface area contributed by atoms with Gasteiger partial charge in [-0.15, -0.1) is 0 Å². The van der Waals surface area contributed by atoms with Gasteiger partial charge in [0.2, 0.25) is 0 Å². The molecule has 1 saturated heterocycles. The summed E-state index contributed by atoms with van der Waals surface area (Å²) in [6.45, 7) is 3.69. The van der Waals surface area contributed by atoms with E-state index in [1.165, 1.54) is 24.3 Å². The van der Waals surface area contributed by atoms with Gasteiger partial charge in [-0.3, -0.25) is 20.0 Å². The Morgan fingerprint density at radius 1 is 1.16 bits per heavy atom. The smallest absolute Gasteiger partial charge is 0.321 e. The second kappa shape index (κ2) is 7.71. The average molecular weight is 341 g/mol. The molecule has 8 nitrogen and oxygen atoms in total. The lowest BCUT2D eigenvalue weighted by atomic mass is 10.2. The first-order chi connectivity index (χ1) is 12.1. The molecular formula is C17H19N5O3. The molecule has 0 bridgehead atoms. The summed E-state index contributed by atoms with van der Waals surface area (Å²) < 4.78 is 0. The zero-order valence-electron chi connectivity index (χ0n) is 13.7. The Bertz CT molecular complexity index is 728. The number of amides is 2. The summed E-state index contributed by atoms with van der Waals surface area (Å²) in [5.74, 6) is 0. The fraction of sp³-hybridized carbons (Fsp3) is 0.294. The molecule has 0 saturated carbocycles. The Hall–Kier alpha value is -3.00. The molecule has 0 unspecified atom stereocenters. The lowest BCUT2D eigenvalue weighted by Gasteiger charge is -2.34. The molecule has 1 aromatic heterocycles. The van der Waals surface area contributed by atoms with Crippen molar-refractivity contribution in [3.05, 3.63) is 64.5 Å². The van der Waals surface area contributed by atoms with Crippen molar-refractivity contribution in [1.29, 1.82) is 0 Å². The van der Waals surface area contributed by atoms with Gasteiger partial charge in [0.25, 0.3) is 5.69 Å². The van der Waals surface area contributed by atoms with E-state index in [0.29, 0.717) is 18.8 Å². The number of non-ortho nitro benzene ring substituents is 1. The van der Waals surface area contributed by atoms with Gasteiger partial charge >= 0.3 is 6.03 Å². The van der Waals surface area contributed by atoms with Gasteiger partial charge in [-0.05, 0) is 23.8 Å². The van der Waals surface area contributed by atoms with Crippen LogP contribution in [-0.4, -0.2) is 51.9 Å². The minimum absolute atomic E-state index is 0.00187. The molecule has 0 radical (unpaired) electrons. The first-order valence-electron chi connectivity index (χ1n) is 8.03. The number of pyridine rings is 1. The monoisotopic (exact) mass is 341 g/mol. The number of nitrogens with one attached hydrogen (secondary N) is 1. The Morgan fingerprint density at radius 3 is 2.48 bits per heavy atom. The quantitative estimate of drug-likeness (QED) is 0.681. The zero-order chi connectivity index (χ0) is 17.6. The van der Waals surface area contributed by atoms with E-state index in [4.69, 9.17) is 0 Å². The Labute approximate surface area is 145 Å². The number of rotatable bonds is 4. The van der Waals surface area contributed by atoms with Crippen LogP contribution in [0.3, 0.4) is 0 Å². The van der Waals surface area contributed by atoms with E-state index in [1.54, 1.807) is 11.1 Å². The van der Waals surface area contributed by atoms with Crippen molar-refractivity contribution in [3.8, 4) is 0 Å². The molecule has 1 aromatic carbocycles. The molecule has 2 amide bonds. The number of urea groups is 1. The first-order valence-corrected chi connectivity index (χ1v) is 8.03. The van der Waals surface area contributed by atoms with Crippen molar-refractivity contribution in [3.63, 3.8) is 0 Å². The zero-order valence-corrected chi connectivity index (χ0v) is 13.7. The topological polar surface area (TPSA) is 91.6 Å². The van der Waals surface area contributed by atoms with E-state index < -0.39 is 4.92 Å². The van der Waals surface area contributed by atoms with E-state index in [9.17, 15) is 14.9 Å². The molecule has 2 heterocycles. The molecule has 0 aliphatic carbocycles. The number of hydrogen-bond acceptors (Lipinski definition) is 5. The highest BCUT2D eigenvalue weighted by Crippen LogP contribution is 2.16. The van der Waals surface area contributed by atoms with E-state index in [1.807, 2.05) is 18.3 Å². The van der Waals surface area contributed by atoms with Crippen LogP contribution in [0.25, 0.3) is 0 Å². The maximum atomic E-state index is 12.3. The fourth-order valence-corrected chi connectivity index (χ4v) is 2.73. The molecule has 3 rings (SSSR count). The van der Waals surface area contributed by atoms with Crippen molar-refractivity contribution < 1.29 is 9.72 Å². The highest BCUT2D eigenvalue weighted by Gasteiger charge is 2.21. The lowest BCUT2D eigenvalue weighted by Crippen LogP contribution is -2.49. The van der Waals surface area contributed by atoms with Crippen LogP contribution in [0.5, 0.6) is 0 Å². The molecule has 2 aromatic rings. The van der Waals surface area contributed by atoms with Crippen molar-refractivity contribution in [2.75, 3.05) is 31.5 Å². The molecule has 1 aliphatic rings. The third kappa shape index (κ3) is 4.51. The van der Waals surface area contributed by atoms with Crippen LogP contribution < -0.4 is 5.32 Å². The summed E-state index contributed by atoms with van der Waals surface area (Å²) in [6.07, 6.45) is 3.61. The van der Waals surface area contributed by atoms with Crippen molar-refractivity contribution in [2.24, 2.45) is 0 Å². The largest absolute Gasteiger partial charge is 0.322 e. The minimum Gasteiger partial charge on any atom is -0.322 e. The van der Waals surface area contributed by atoms with E-state index in [0.717, 1.165) is 25.2 Å². The third-order valence-corrected chi connectivity index (χ3v) is 4.12. The minimum atomic E-state index is -0.465. The highest BCUT2D eigenvalue weighted by molar-refractivity contribution is 5.89. The molecule has 1 aliphatic heterocycles. The highest BCUT2D eigenvalue weighted by atomic mass is 16.6. The number of nitrogens with zero attached hydrogens (tertiary/aromatic N) is 4. The van der Waals surface area contributed by atoms with Crippen molar-refractivity contribution in [1.82, 2.24) is 14.8 Å². The summed E-state index contributed by atoms with van der Waals surface area (Å²) in [5.41, 5.74) is 1.71. The molecule has 1 fully saturated rings. The summed E-state index contributed by atoms with van der Waals surface area (Å²) >= 11 is 0. The molecule has 8 heteroatoms. The van der Waals surface area contributed by atoms with Gasteiger partial charge in [0.05, 0.1) is 4.92 Å². The van der Waals surface area contributed by atoms with Crippen LogP contribution in [0.4, 0.5) is 16.2 Å². The van der Waals surface area contributed by atoms with Crippen molar-refractivity contribution in [2.45, 2.75) is 6.54 Å². The van der Waals surface area contributed by atoms with E-state index in [-0.39, 0.29) is 11.7 Å². The summed E-state index contributed by atoms with van der Waals surface area (Å²) in [7, 11) is 0. The van der Waals surface area contributed by atoms with Crippen LogP contribution >= 0.6 is 0 Å². The average Bonchev–Trinajstić information content (AvgIpc) is 2.63. The van der Waals surface area contributed by atoms with Crippen LogP contribution in [0.2, 0.25) is 0 Å². The van der Waals surface area contributed by atoms with Gasteiger partial charge in [0, 0.05) is 62.9 Å². The number of aromatic nitrogens is 1. The summed E-state index contributed by atoms with van der Waals surface area (Å²) in [5, 5.41) is 13.4. The number of benzene rings is 1. The first kappa shape index (κ1) is 16.8. The normalized spacial score (nSPS) is 15.0. The second-order valence-electron chi connectivity index (χ2n) is 5.86. The van der Waals surface area contributed by atoms with Crippen LogP contribution in [0.1, 0.15) is 5.56 Å². The molecule has 1 N–H and O–H groups in total. The molecule has 25 heavy (non-hydrogen) atoms. The molecule has 0 atom stereocenters. The molecule has 0 spiro atoms. The predicted molar refractivity (Wildman–Crippen MR) is 93.2 cm³/mol. The van der Waals surface area contributed by atoms with Gasteiger partial charge in [-0.2, -0.15) is 0 Å². The maximum absolute atomic E-state index is 12.3. The number of nitro benzene ring substituents is 1. The van der Waals surface area contributed by atoms with E-state index in [2.05, 4.69) is 15.2 Å². The SMILES string of the molecule is O=C(Nc1ccc([N+](=O)[O-])cc1)N1CCN(Cc2cccnc2)CC1. The predicted octanol–water partition coefficient (Wildman–Crippen LogP) is 2.34. The van der Waals surface area contributed by atoms with Crippen LogP contribution in [-0.2, 0) is 6.54 Å². The number of nitro groups is 1. The standard InChI is InChI=1S/C17H19N5O3/c23-17(19-15-3-5-16(6-4-15)22(24)25)21-10-8-20(9-11-21)13-14-2-1-7-18-12-14/h1-7,12H,8-11,13H2,(H,19,23). The Morgan fingerprint density at radius 2 is 1.88 bits per heavy atom. The Balaban J connectivity index is 1.49. The number of piperazine rings is 1. The van der Waals surface area contributed by atoms with Crippen molar-refractivity contribution >= 4 is 17.4 Å². The second-order valence-corrected chi connectivity index (χ2v) is 5.86. The van der Waals surface area contributed by atoms with Gasteiger partial charge in [0.15, 0.2) is 0 Å². The number of carbonyl (C=O) groups is 1. The summed E-state index contributed by atoms with van der Waals surface area (Å²) in [4.78, 5) is 30.6. The lowest BCUT2D eigenvalue weighted by molar-refractivity contribution is -0.384. The maximum Gasteiger partial charge on any atom is 0.321 e. The van der Waals surface area contributed by atoms with Gasteiger partial charge in [-0.25, -0.2) is 4.79 Å². The fourth-order valence-electron chi connectivity index (χ4n) is 2.73. The molecular weight excluding hydrogens is 322 g/mol. The number of anilines is 1. The van der Waals surface area contributed by atoms with Gasteiger partial charge < -0.3 is 10.2 Å². The Kier molecular flexibility index (Phi) is 5.20. The van der Waals surface area contributed by atoms with Gasteiger partial charge in [0.1, 0.15) is 0 Å².